The topological polar surface area (TPSA) is 66.6 Å². The van der Waals surface area contributed by atoms with E-state index in [-0.39, 0.29) is 16.7 Å². The Balaban J connectivity index is 2.64. The van der Waals surface area contributed by atoms with E-state index in [0.717, 1.165) is 21.7 Å². The third-order valence-corrected chi connectivity index (χ3v) is 5.20. The number of hydrogen-bond acceptors (Lipinski definition) is 5. The van der Waals surface area contributed by atoms with Crippen LogP contribution in [0.4, 0.5) is 0 Å². The van der Waals surface area contributed by atoms with Gasteiger partial charge in [0.15, 0.2) is 4.32 Å². The van der Waals surface area contributed by atoms with Crippen molar-refractivity contribution in [1.82, 2.24) is 5.01 Å². The molecule has 1 aliphatic heterocycles. The van der Waals surface area contributed by atoms with E-state index in [2.05, 4.69) is 41.5 Å². The monoisotopic (exact) mass is 364 g/mol. The van der Waals surface area contributed by atoms with Crippen LogP contribution in [-0.4, -0.2) is 20.3 Å². The number of nitrogens with two attached hydrogens (primary N) is 1. The van der Waals surface area contributed by atoms with E-state index in [1.807, 2.05) is 12.1 Å². The first-order chi connectivity index (χ1) is 10.8. The van der Waals surface area contributed by atoms with Crippen LogP contribution in [-0.2, 0) is 15.6 Å². The largest absolute Gasteiger partial charge is 0.507 e. The number of carbonyl (C=O) groups excluding carboxylic acids is 1. The highest BCUT2D eigenvalue weighted by molar-refractivity contribution is 8.26. The maximum atomic E-state index is 12.1. The molecular weight excluding hydrogens is 340 g/mol. The summed E-state index contributed by atoms with van der Waals surface area (Å²) < 4.78 is 0.345. The van der Waals surface area contributed by atoms with Crippen molar-refractivity contribution in [3.05, 3.63) is 33.7 Å². The molecule has 6 heteroatoms. The van der Waals surface area contributed by atoms with Gasteiger partial charge in [0, 0.05) is 11.1 Å². The molecule has 1 amide bonds. The molecule has 2 rings (SSSR count). The van der Waals surface area contributed by atoms with Gasteiger partial charge in [0.25, 0.3) is 5.91 Å². The molecule has 4 nitrogen and oxygen atoms in total. The van der Waals surface area contributed by atoms with Crippen molar-refractivity contribution in [2.45, 2.75) is 52.4 Å². The number of hydrogen-bond donors (Lipinski definition) is 2. The Morgan fingerprint density at radius 2 is 1.58 bits per heavy atom. The third kappa shape index (κ3) is 3.66. The summed E-state index contributed by atoms with van der Waals surface area (Å²) in [7, 11) is 0. The molecule has 0 unspecified atom stereocenters. The van der Waals surface area contributed by atoms with E-state index in [0.29, 0.717) is 15.0 Å². The molecule has 0 atom stereocenters. The van der Waals surface area contributed by atoms with Crippen LogP contribution in [0.5, 0.6) is 5.75 Å². The first-order valence-corrected chi connectivity index (χ1v) is 8.95. The smallest absolute Gasteiger partial charge is 0.280 e. The van der Waals surface area contributed by atoms with E-state index >= 15 is 0 Å². The van der Waals surface area contributed by atoms with Crippen LogP contribution in [0.3, 0.4) is 0 Å². The van der Waals surface area contributed by atoms with Gasteiger partial charge in [-0.05, 0) is 34.6 Å². The molecule has 0 saturated carbocycles. The van der Waals surface area contributed by atoms with Gasteiger partial charge < -0.3 is 5.11 Å². The number of rotatable bonds is 1. The third-order valence-electron chi connectivity index (χ3n) is 3.87. The van der Waals surface area contributed by atoms with E-state index in [1.54, 1.807) is 6.08 Å². The summed E-state index contributed by atoms with van der Waals surface area (Å²) in [5, 5.41) is 11.7. The fourth-order valence-electron chi connectivity index (χ4n) is 2.51. The minimum atomic E-state index is -0.298. The Morgan fingerprint density at radius 1 is 1.12 bits per heavy atom. The number of phenolic OH excluding ortho intramolecular Hbond substituents is 1. The first-order valence-electron chi connectivity index (χ1n) is 7.73. The molecular formula is C18H24N2O2S2. The van der Waals surface area contributed by atoms with Crippen molar-refractivity contribution in [2.24, 2.45) is 5.84 Å². The Labute approximate surface area is 153 Å². The summed E-state index contributed by atoms with van der Waals surface area (Å²) in [6, 6.07) is 3.85. The highest BCUT2D eigenvalue weighted by atomic mass is 32.2. The van der Waals surface area contributed by atoms with Crippen molar-refractivity contribution in [3.8, 4) is 5.75 Å². The van der Waals surface area contributed by atoms with Crippen LogP contribution in [0.25, 0.3) is 6.08 Å². The normalized spacial score (nSPS) is 18.0. The number of hydrazine groups is 1. The van der Waals surface area contributed by atoms with Crippen molar-refractivity contribution in [2.75, 3.05) is 0 Å². The number of benzene rings is 1. The van der Waals surface area contributed by atoms with Gasteiger partial charge in [-0.3, -0.25) is 4.79 Å². The van der Waals surface area contributed by atoms with E-state index < -0.39 is 0 Å². The molecule has 1 heterocycles. The van der Waals surface area contributed by atoms with Crippen LogP contribution in [0.1, 0.15) is 58.2 Å². The second-order valence-electron chi connectivity index (χ2n) is 8.02. The zero-order valence-electron chi connectivity index (χ0n) is 14.9. The van der Waals surface area contributed by atoms with Crippen LogP contribution < -0.4 is 5.84 Å². The average molecular weight is 365 g/mol. The van der Waals surface area contributed by atoms with Gasteiger partial charge in [-0.15, -0.1) is 0 Å². The minimum absolute atomic E-state index is 0.222. The molecule has 1 aromatic rings. The Kier molecular flexibility index (Phi) is 4.87. The molecule has 24 heavy (non-hydrogen) atoms. The number of thiocarbonyl (C=S) groups is 1. The fraction of sp³-hybridized carbons (Fsp3) is 0.444. The van der Waals surface area contributed by atoms with Crippen LogP contribution in [0.15, 0.2) is 17.0 Å². The second-order valence-corrected chi connectivity index (χ2v) is 9.69. The van der Waals surface area contributed by atoms with Gasteiger partial charge in [0.2, 0.25) is 0 Å². The fourth-order valence-corrected chi connectivity index (χ4v) is 3.62. The van der Waals surface area contributed by atoms with Crippen molar-refractivity contribution in [1.29, 1.82) is 0 Å². The second kappa shape index (κ2) is 6.17. The predicted octanol–water partition coefficient (Wildman–Crippen LogP) is 4.06. The van der Waals surface area contributed by atoms with E-state index in [4.69, 9.17) is 18.1 Å². The number of phenols is 1. The number of carbonyl (C=O) groups is 1. The zero-order valence-corrected chi connectivity index (χ0v) is 16.6. The number of nitrogens with zero attached hydrogens (tertiary/aromatic N) is 1. The lowest BCUT2D eigenvalue weighted by molar-refractivity contribution is -0.122. The predicted molar refractivity (Wildman–Crippen MR) is 105 cm³/mol. The summed E-state index contributed by atoms with van der Waals surface area (Å²) >= 11 is 6.25. The summed E-state index contributed by atoms with van der Waals surface area (Å²) in [6.07, 6.45) is 1.79. The van der Waals surface area contributed by atoms with Gasteiger partial charge in [-0.1, -0.05) is 65.5 Å². The molecule has 0 aromatic heterocycles. The molecule has 1 fully saturated rings. The molecule has 0 spiro atoms. The van der Waals surface area contributed by atoms with Gasteiger partial charge in [-0.25, -0.2) is 10.9 Å². The highest BCUT2D eigenvalue weighted by Crippen LogP contribution is 2.41. The quantitative estimate of drug-likeness (QED) is 0.340. The van der Waals surface area contributed by atoms with Crippen molar-refractivity contribution < 1.29 is 9.90 Å². The van der Waals surface area contributed by atoms with Crippen LogP contribution in [0.2, 0.25) is 0 Å². The standard InChI is InChI=1S/C18H24N2O2S2/c1-17(2,3)11-7-10(8-12(14(11)21)18(4,5)6)9-13-15(22)20(19)16(23)24-13/h7-9,21H,19H2,1-6H3. The Bertz CT molecular complexity index is 705. The minimum Gasteiger partial charge on any atom is -0.507 e. The SMILES string of the molecule is CC(C)(C)c1cc(C=C2SC(=S)N(N)C2=O)cc(C(C)(C)C)c1O. The molecule has 0 aliphatic carbocycles. The molecule has 3 N–H and O–H groups in total. The first kappa shape index (κ1) is 19.0. The number of thioether (sulfide) groups is 1. The van der Waals surface area contributed by atoms with E-state index in [1.165, 1.54) is 11.8 Å². The Hall–Kier alpha value is -1.37. The van der Waals surface area contributed by atoms with Crippen molar-refractivity contribution in [3.63, 3.8) is 0 Å². The number of aromatic hydroxyl groups is 1. The summed E-state index contributed by atoms with van der Waals surface area (Å²) in [5.41, 5.74) is 2.12. The average Bonchev–Trinajstić information content (AvgIpc) is 2.65. The van der Waals surface area contributed by atoms with Gasteiger partial charge in [0.05, 0.1) is 4.91 Å². The molecule has 1 saturated heterocycles. The summed E-state index contributed by atoms with van der Waals surface area (Å²) in [4.78, 5) is 12.6. The molecule has 0 bridgehead atoms. The molecule has 0 radical (unpaired) electrons. The Morgan fingerprint density at radius 3 is 1.92 bits per heavy atom. The van der Waals surface area contributed by atoms with Gasteiger partial charge in [0.1, 0.15) is 5.75 Å². The van der Waals surface area contributed by atoms with Gasteiger partial charge >= 0.3 is 0 Å². The van der Waals surface area contributed by atoms with Gasteiger partial charge in [-0.2, -0.15) is 0 Å². The van der Waals surface area contributed by atoms with E-state index in [9.17, 15) is 9.90 Å². The zero-order chi connectivity index (χ0) is 18.4. The molecule has 130 valence electrons. The van der Waals surface area contributed by atoms with Crippen LogP contribution >= 0.6 is 24.0 Å². The maximum absolute atomic E-state index is 12.1. The van der Waals surface area contributed by atoms with Crippen molar-refractivity contribution >= 4 is 40.3 Å². The number of amides is 1. The summed E-state index contributed by atoms with van der Waals surface area (Å²) in [6.45, 7) is 12.3. The molecule has 1 aliphatic rings. The lowest BCUT2D eigenvalue weighted by Crippen LogP contribution is -2.34. The van der Waals surface area contributed by atoms with Crippen LogP contribution in [0, 0.1) is 0 Å². The highest BCUT2D eigenvalue weighted by Gasteiger charge is 2.31. The summed E-state index contributed by atoms with van der Waals surface area (Å²) in [5.74, 6) is 5.65. The lowest BCUT2D eigenvalue weighted by Gasteiger charge is -2.28. The lowest BCUT2D eigenvalue weighted by atomic mass is 9.78. The molecule has 1 aromatic carbocycles. The maximum Gasteiger partial charge on any atom is 0.280 e.